The van der Waals surface area contributed by atoms with Crippen LogP contribution in [0.1, 0.15) is 24.2 Å². The van der Waals surface area contributed by atoms with Crippen molar-refractivity contribution in [2.75, 3.05) is 0 Å². The summed E-state index contributed by atoms with van der Waals surface area (Å²) in [5.41, 5.74) is 1.71. The Hall–Kier alpha value is -2.31. The smallest absolute Gasteiger partial charge is 0.133 e. The molecule has 19 heavy (non-hydrogen) atoms. The summed E-state index contributed by atoms with van der Waals surface area (Å²) in [6.45, 7) is 1.71. The summed E-state index contributed by atoms with van der Waals surface area (Å²) >= 11 is 0. The van der Waals surface area contributed by atoms with Crippen molar-refractivity contribution >= 4 is 0 Å². The van der Waals surface area contributed by atoms with Crippen molar-refractivity contribution < 1.29 is 9.84 Å². The molecule has 0 aliphatic carbocycles. The van der Waals surface area contributed by atoms with E-state index in [0.29, 0.717) is 17.9 Å². The van der Waals surface area contributed by atoms with Crippen LogP contribution in [0.2, 0.25) is 0 Å². The van der Waals surface area contributed by atoms with E-state index in [0.717, 1.165) is 11.1 Å². The van der Waals surface area contributed by atoms with Gasteiger partial charge in [-0.2, -0.15) is 5.26 Å². The van der Waals surface area contributed by atoms with Crippen molar-refractivity contribution in [3.05, 3.63) is 59.7 Å². The number of nitrogens with zero attached hydrogens (tertiary/aromatic N) is 1. The summed E-state index contributed by atoms with van der Waals surface area (Å²) in [6, 6.07) is 16.9. The lowest BCUT2D eigenvalue weighted by atomic mass is 10.1. The van der Waals surface area contributed by atoms with Gasteiger partial charge in [-0.25, -0.2) is 0 Å². The third-order valence-corrected chi connectivity index (χ3v) is 2.80. The number of rotatable bonds is 4. The van der Waals surface area contributed by atoms with E-state index >= 15 is 0 Å². The first-order valence-electron chi connectivity index (χ1n) is 6.11. The number of nitriles is 1. The number of hydrogen-bond acceptors (Lipinski definition) is 3. The van der Waals surface area contributed by atoms with Gasteiger partial charge in [0, 0.05) is 5.56 Å². The summed E-state index contributed by atoms with van der Waals surface area (Å²) in [6.07, 6.45) is -0.182. The van der Waals surface area contributed by atoms with Gasteiger partial charge in [0.25, 0.3) is 0 Å². The summed E-state index contributed by atoms with van der Waals surface area (Å²) in [5.74, 6) is 1.33. The van der Waals surface area contributed by atoms with E-state index in [4.69, 9.17) is 10.00 Å². The van der Waals surface area contributed by atoms with Gasteiger partial charge < -0.3 is 9.84 Å². The maximum Gasteiger partial charge on any atom is 0.133 e. The molecule has 0 radical (unpaired) electrons. The Labute approximate surface area is 112 Å². The molecule has 0 spiro atoms. The molecule has 0 bridgehead atoms. The molecule has 0 saturated heterocycles. The molecule has 0 aliphatic heterocycles. The summed E-state index contributed by atoms with van der Waals surface area (Å²) < 4.78 is 5.76. The van der Waals surface area contributed by atoms with Crippen LogP contribution in [0.15, 0.2) is 48.5 Å². The highest BCUT2D eigenvalue weighted by Crippen LogP contribution is 2.29. The first-order chi connectivity index (χ1) is 9.20. The van der Waals surface area contributed by atoms with E-state index in [2.05, 4.69) is 6.07 Å². The quantitative estimate of drug-likeness (QED) is 0.905. The van der Waals surface area contributed by atoms with Crippen LogP contribution in [0.5, 0.6) is 11.5 Å². The van der Waals surface area contributed by atoms with Gasteiger partial charge in [-0.3, -0.25) is 0 Å². The predicted molar refractivity (Wildman–Crippen MR) is 72.9 cm³/mol. The zero-order valence-electron chi connectivity index (χ0n) is 10.7. The van der Waals surface area contributed by atoms with Gasteiger partial charge in [0.1, 0.15) is 11.5 Å². The lowest BCUT2D eigenvalue weighted by Gasteiger charge is -2.13. The number of aliphatic hydroxyl groups is 1. The average molecular weight is 253 g/mol. The minimum Gasteiger partial charge on any atom is -0.457 e. The van der Waals surface area contributed by atoms with Crippen LogP contribution in [0.4, 0.5) is 0 Å². The SMILES string of the molecule is C[C@@H](O)c1ccccc1Oc1ccc(CC#N)cc1. The second-order valence-corrected chi connectivity index (χ2v) is 4.29. The number of hydrogen-bond donors (Lipinski definition) is 1. The van der Waals surface area contributed by atoms with E-state index < -0.39 is 6.10 Å². The summed E-state index contributed by atoms with van der Waals surface area (Å²) in [5, 5.41) is 18.3. The van der Waals surface area contributed by atoms with Crippen LogP contribution >= 0.6 is 0 Å². The largest absolute Gasteiger partial charge is 0.457 e. The number of aliphatic hydroxyl groups excluding tert-OH is 1. The Morgan fingerprint density at radius 3 is 2.47 bits per heavy atom. The molecular formula is C16H15NO2. The fraction of sp³-hybridized carbons (Fsp3) is 0.188. The maximum absolute atomic E-state index is 9.68. The molecule has 0 saturated carbocycles. The fourth-order valence-corrected chi connectivity index (χ4v) is 1.81. The van der Waals surface area contributed by atoms with Gasteiger partial charge in [0.2, 0.25) is 0 Å². The molecule has 96 valence electrons. The Balaban J connectivity index is 2.19. The van der Waals surface area contributed by atoms with Gasteiger partial charge in [0.05, 0.1) is 18.6 Å². The first-order valence-corrected chi connectivity index (χ1v) is 6.11. The second-order valence-electron chi connectivity index (χ2n) is 4.29. The minimum absolute atomic E-state index is 0.393. The van der Waals surface area contributed by atoms with Crippen LogP contribution in [0.25, 0.3) is 0 Å². The van der Waals surface area contributed by atoms with E-state index in [-0.39, 0.29) is 0 Å². The standard InChI is InChI=1S/C16H15NO2/c1-12(18)15-4-2-3-5-16(15)19-14-8-6-13(7-9-14)10-11-17/h2-9,12,18H,10H2,1H3/t12-/m1/s1. The zero-order chi connectivity index (χ0) is 13.7. The molecule has 3 heteroatoms. The van der Waals surface area contributed by atoms with Crippen molar-refractivity contribution in [3.63, 3.8) is 0 Å². The van der Waals surface area contributed by atoms with E-state index in [1.54, 1.807) is 6.92 Å². The number of ether oxygens (including phenoxy) is 1. The number of benzene rings is 2. The molecule has 0 aromatic heterocycles. The van der Waals surface area contributed by atoms with Crippen molar-refractivity contribution in [2.45, 2.75) is 19.4 Å². The van der Waals surface area contributed by atoms with Gasteiger partial charge in [0.15, 0.2) is 0 Å². The highest BCUT2D eigenvalue weighted by atomic mass is 16.5. The molecule has 0 aliphatic rings. The molecule has 0 heterocycles. The summed E-state index contributed by atoms with van der Waals surface area (Å²) in [7, 11) is 0. The Morgan fingerprint density at radius 2 is 1.84 bits per heavy atom. The second kappa shape index (κ2) is 6.03. The predicted octanol–water partition coefficient (Wildman–Crippen LogP) is 3.60. The molecule has 0 amide bonds. The zero-order valence-corrected chi connectivity index (χ0v) is 10.7. The van der Waals surface area contributed by atoms with Gasteiger partial charge in [-0.15, -0.1) is 0 Å². The molecule has 2 rings (SSSR count). The average Bonchev–Trinajstić information content (AvgIpc) is 2.42. The molecule has 3 nitrogen and oxygen atoms in total. The van der Waals surface area contributed by atoms with Crippen LogP contribution in [-0.2, 0) is 6.42 Å². The van der Waals surface area contributed by atoms with Gasteiger partial charge >= 0.3 is 0 Å². The third kappa shape index (κ3) is 3.34. The molecule has 1 N–H and O–H groups in total. The molecule has 2 aromatic carbocycles. The maximum atomic E-state index is 9.68. The lowest BCUT2D eigenvalue weighted by molar-refractivity contribution is 0.195. The molecule has 0 unspecified atom stereocenters. The van der Waals surface area contributed by atoms with Crippen LogP contribution < -0.4 is 4.74 Å². The van der Waals surface area contributed by atoms with E-state index in [1.165, 1.54) is 0 Å². The molecule has 1 atom stereocenters. The lowest BCUT2D eigenvalue weighted by Crippen LogP contribution is -1.95. The van der Waals surface area contributed by atoms with E-state index in [1.807, 2.05) is 48.5 Å². The molecule has 0 fully saturated rings. The Morgan fingerprint density at radius 1 is 1.16 bits per heavy atom. The van der Waals surface area contributed by atoms with Gasteiger partial charge in [-0.1, -0.05) is 30.3 Å². The van der Waals surface area contributed by atoms with Gasteiger partial charge in [-0.05, 0) is 30.7 Å². The van der Waals surface area contributed by atoms with Crippen LogP contribution in [0.3, 0.4) is 0 Å². The Bertz CT molecular complexity index is 582. The molecule has 2 aromatic rings. The normalized spacial score (nSPS) is 11.6. The highest BCUT2D eigenvalue weighted by molar-refractivity contribution is 5.39. The first kappa shape index (κ1) is 13.1. The fourth-order valence-electron chi connectivity index (χ4n) is 1.81. The highest BCUT2D eigenvalue weighted by Gasteiger charge is 2.08. The Kier molecular flexibility index (Phi) is 4.17. The van der Waals surface area contributed by atoms with E-state index in [9.17, 15) is 5.11 Å². The van der Waals surface area contributed by atoms with Crippen molar-refractivity contribution in [1.82, 2.24) is 0 Å². The van der Waals surface area contributed by atoms with Crippen LogP contribution in [0, 0.1) is 11.3 Å². The van der Waals surface area contributed by atoms with Crippen molar-refractivity contribution in [2.24, 2.45) is 0 Å². The third-order valence-electron chi connectivity index (χ3n) is 2.80. The van der Waals surface area contributed by atoms with Crippen LogP contribution in [-0.4, -0.2) is 5.11 Å². The summed E-state index contributed by atoms with van der Waals surface area (Å²) in [4.78, 5) is 0. The van der Waals surface area contributed by atoms with Crippen molar-refractivity contribution in [1.29, 1.82) is 5.26 Å². The minimum atomic E-state index is -0.575. The van der Waals surface area contributed by atoms with Crippen molar-refractivity contribution in [3.8, 4) is 17.6 Å². The topological polar surface area (TPSA) is 53.2 Å². The number of para-hydroxylation sites is 1. The molecular weight excluding hydrogens is 238 g/mol. The monoisotopic (exact) mass is 253 g/mol.